The quantitative estimate of drug-likeness (QED) is 0.903. The van der Waals surface area contributed by atoms with Gasteiger partial charge in [0.25, 0.3) is 0 Å². The second-order valence-corrected chi connectivity index (χ2v) is 4.73. The molecular formula is C12H13Cl2N3O. The Morgan fingerprint density at radius 1 is 1.28 bits per heavy atom. The maximum atomic E-state index is 5.93. The number of ether oxygens (including phenoxy) is 1. The van der Waals surface area contributed by atoms with Gasteiger partial charge in [0.15, 0.2) is 5.75 Å². The summed E-state index contributed by atoms with van der Waals surface area (Å²) in [4.78, 5) is 0. The summed E-state index contributed by atoms with van der Waals surface area (Å²) < 4.78 is 5.79. The number of rotatable bonds is 4. The fourth-order valence-corrected chi connectivity index (χ4v) is 2.10. The van der Waals surface area contributed by atoms with Crippen LogP contribution in [0.1, 0.15) is 11.4 Å². The van der Waals surface area contributed by atoms with Crippen molar-refractivity contribution in [3.63, 3.8) is 0 Å². The normalized spacial score (nSPS) is 10.7. The van der Waals surface area contributed by atoms with Gasteiger partial charge in [-0.2, -0.15) is 5.10 Å². The van der Waals surface area contributed by atoms with E-state index in [1.165, 1.54) is 0 Å². The molecular weight excluding hydrogens is 273 g/mol. The second-order valence-electron chi connectivity index (χ2n) is 3.86. The van der Waals surface area contributed by atoms with Crippen LogP contribution in [0.4, 0.5) is 0 Å². The number of hydrogen-bond acceptors (Lipinski definition) is 3. The highest BCUT2D eigenvalue weighted by Crippen LogP contribution is 2.31. The van der Waals surface area contributed by atoms with Crippen molar-refractivity contribution in [3.05, 3.63) is 39.6 Å². The molecule has 0 saturated heterocycles. The monoisotopic (exact) mass is 285 g/mol. The molecule has 0 radical (unpaired) electrons. The number of benzene rings is 1. The van der Waals surface area contributed by atoms with Gasteiger partial charge < -0.3 is 10.1 Å². The lowest BCUT2D eigenvalue weighted by molar-refractivity contribution is 0.471. The van der Waals surface area contributed by atoms with Crippen LogP contribution in [0.15, 0.2) is 18.2 Å². The molecule has 0 bridgehead atoms. The molecule has 1 aromatic carbocycles. The van der Waals surface area contributed by atoms with Gasteiger partial charge in [0, 0.05) is 16.6 Å². The fourth-order valence-electron chi connectivity index (χ4n) is 1.60. The van der Waals surface area contributed by atoms with Gasteiger partial charge >= 0.3 is 0 Å². The van der Waals surface area contributed by atoms with Gasteiger partial charge in [0.05, 0.1) is 5.69 Å². The van der Waals surface area contributed by atoms with Crippen LogP contribution in [0.5, 0.6) is 11.5 Å². The van der Waals surface area contributed by atoms with Crippen molar-refractivity contribution in [2.24, 2.45) is 0 Å². The molecule has 18 heavy (non-hydrogen) atoms. The Labute approximate surface area is 115 Å². The minimum atomic E-state index is 0.536. The first-order chi connectivity index (χ1) is 8.60. The predicted molar refractivity (Wildman–Crippen MR) is 72.6 cm³/mol. The van der Waals surface area contributed by atoms with E-state index in [0.717, 1.165) is 11.4 Å². The van der Waals surface area contributed by atoms with Gasteiger partial charge in [0.1, 0.15) is 11.4 Å². The number of aromatic nitrogens is 2. The van der Waals surface area contributed by atoms with E-state index in [1.807, 2.05) is 14.0 Å². The maximum Gasteiger partial charge on any atom is 0.172 e. The van der Waals surface area contributed by atoms with Gasteiger partial charge in [-0.3, -0.25) is 5.10 Å². The number of aromatic amines is 1. The number of nitrogens with zero attached hydrogens (tertiary/aromatic N) is 1. The van der Waals surface area contributed by atoms with E-state index in [4.69, 9.17) is 27.9 Å². The Morgan fingerprint density at radius 2 is 1.94 bits per heavy atom. The molecule has 96 valence electrons. The van der Waals surface area contributed by atoms with Crippen molar-refractivity contribution in [3.8, 4) is 11.5 Å². The molecule has 0 aliphatic rings. The number of aryl methyl sites for hydroxylation is 1. The molecule has 2 N–H and O–H groups in total. The van der Waals surface area contributed by atoms with E-state index in [1.54, 1.807) is 18.2 Å². The van der Waals surface area contributed by atoms with Crippen molar-refractivity contribution in [1.29, 1.82) is 0 Å². The number of H-pyrrole nitrogens is 1. The topological polar surface area (TPSA) is 49.9 Å². The Kier molecular flexibility index (Phi) is 4.11. The molecule has 0 amide bonds. The van der Waals surface area contributed by atoms with Crippen LogP contribution in [0, 0.1) is 6.92 Å². The summed E-state index contributed by atoms with van der Waals surface area (Å²) in [6.45, 7) is 2.52. The van der Waals surface area contributed by atoms with E-state index in [2.05, 4.69) is 15.5 Å². The fraction of sp³-hybridized carbons (Fsp3) is 0.250. The van der Waals surface area contributed by atoms with E-state index >= 15 is 0 Å². The molecule has 0 spiro atoms. The summed E-state index contributed by atoms with van der Waals surface area (Å²) in [5, 5.41) is 11.2. The zero-order valence-electron chi connectivity index (χ0n) is 10.1. The van der Waals surface area contributed by atoms with Crippen LogP contribution in [-0.2, 0) is 6.54 Å². The summed E-state index contributed by atoms with van der Waals surface area (Å²) in [5.74, 6) is 1.29. The zero-order chi connectivity index (χ0) is 13.1. The smallest absolute Gasteiger partial charge is 0.172 e. The summed E-state index contributed by atoms with van der Waals surface area (Å²) in [6, 6.07) is 5.08. The summed E-state index contributed by atoms with van der Waals surface area (Å²) in [7, 11) is 1.85. The Morgan fingerprint density at radius 3 is 2.56 bits per heavy atom. The van der Waals surface area contributed by atoms with Crippen LogP contribution >= 0.6 is 23.2 Å². The molecule has 0 aliphatic heterocycles. The Hall–Kier alpha value is -1.23. The average Bonchev–Trinajstić information content (AvgIpc) is 2.61. The Balaban J connectivity index is 2.30. The molecule has 0 aliphatic carbocycles. The van der Waals surface area contributed by atoms with Crippen LogP contribution in [0.2, 0.25) is 10.0 Å². The average molecular weight is 286 g/mol. The lowest BCUT2D eigenvalue weighted by Gasteiger charge is -2.07. The molecule has 4 nitrogen and oxygen atoms in total. The third-order valence-corrected chi connectivity index (χ3v) is 2.80. The first kappa shape index (κ1) is 13.2. The minimum Gasteiger partial charge on any atom is -0.453 e. The van der Waals surface area contributed by atoms with E-state index in [-0.39, 0.29) is 0 Å². The third kappa shape index (κ3) is 2.96. The van der Waals surface area contributed by atoms with Crippen LogP contribution in [0.25, 0.3) is 0 Å². The van der Waals surface area contributed by atoms with E-state index < -0.39 is 0 Å². The Bertz CT molecular complexity index is 534. The first-order valence-electron chi connectivity index (χ1n) is 5.42. The third-order valence-electron chi connectivity index (χ3n) is 2.36. The number of hydrogen-bond donors (Lipinski definition) is 2. The number of nitrogens with one attached hydrogen (secondary N) is 2. The number of halogens is 2. The van der Waals surface area contributed by atoms with Crippen molar-refractivity contribution >= 4 is 23.2 Å². The van der Waals surface area contributed by atoms with Crippen LogP contribution in [-0.4, -0.2) is 17.2 Å². The summed E-state index contributed by atoms with van der Waals surface area (Å²) in [6.07, 6.45) is 0. The molecule has 0 unspecified atom stereocenters. The highest BCUT2D eigenvalue weighted by atomic mass is 35.5. The van der Waals surface area contributed by atoms with Crippen LogP contribution < -0.4 is 10.1 Å². The SMILES string of the molecule is CNCc1n[nH]c(C)c1Oc1cc(Cl)cc(Cl)c1. The van der Waals surface area contributed by atoms with Crippen LogP contribution in [0.3, 0.4) is 0 Å². The van der Waals surface area contributed by atoms with Gasteiger partial charge in [0.2, 0.25) is 0 Å². The molecule has 1 heterocycles. The summed E-state index contributed by atoms with van der Waals surface area (Å²) in [5.41, 5.74) is 1.67. The van der Waals surface area contributed by atoms with Crippen molar-refractivity contribution in [2.45, 2.75) is 13.5 Å². The minimum absolute atomic E-state index is 0.536. The maximum absolute atomic E-state index is 5.93. The highest BCUT2D eigenvalue weighted by Gasteiger charge is 2.12. The molecule has 1 aromatic heterocycles. The first-order valence-corrected chi connectivity index (χ1v) is 6.18. The van der Waals surface area contributed by atoms with Crippen molar-refractivity contribution < 1.29 is 4.74 Å². The van der Waals surface area contributed by atoms with E-state index in [0.29, 0.717) is 28.1 Å². The second kappa shape index (κ2) is 5.61. The van der Waals surface area contributed by atoms with Gasteiger partial charge in [-0.15, -0.1) is 0 Å². The molecule has 0 atom stereocenters. The standard InChI is InChI=1S/C12H13Cl2N3O/c1-7-12(11(6-15-2)17-16-7)18-10-4-8(13)3-9(14)5-10/h3-5,15H,6H2,1-2H3,(H,16,17). The van der Waals surface area contributed by atoms with Gasteiger partial charge in [-0.25, -0.2) is 0 Å². The highest BCUT2D eigenvalue weighted by molar-refractivity contribution is 6.34. The largest absolute Gasteiger partial charge is 0.453 e. The zero-order valence-corrected chi connectivity index (χ0v) is 11.6. The lowest BCUT2D eigenvalue weighted by Crippen LogP contribution is -2.06. The molecule has 2 aromatic rings. The van der Waals surface area contributed by atoms with Gasteiger partial charge in [-0.05, 0) is 32.2 Å². The summed E-state index contributed by atoms with van der Waals surface area (Å²) >= 11 is 11.9. The molecule has 2 rings (SSSR count). The van der Waals surface area contributed by atoms with Crippen molar-refractivity contribution in [2.75, 3.05) is 7.05 Å². The van der Waals surface area contributed by atoms with E-state index in [9.17, 15) is 0 Å². The van der Waals surface area contributed by atoms with Crippen molar-refractivity contribution in [1.82, 2.24) is 15.5 Å². The lowest BCUT2D eigenvalue weighted by atomic mass is 10.3. The molecule has 0 saturated carbocycles. The van der Waals surface area contributed by atoms with Gasteiger partial charge in [-0.1, -0.05) is 23.2 Å². The molecule has 0 fully saturated rings. The molecule has 6 heteroatoms. The predicted octanol–water partition coefficient (Wildman–Crippen LogP) is 3.54.